The first-order chi connectivity index (χ1) is 13.0. The number of ether oxygens (including phenoxy) is 4. The van der Waals surface area contributed by atoms with Crippen LogP contribution < -0.4 is 0 Å². The summed E-state index contributed by atoms with van der Waals surface area (Å²) in [4.78, 5) is 11.7. The van der Waals surface area contributed by atoms with E-state index in [2.05, 4.69) is 13.5 Å². The lowest BCUT2D eigenvalue weighted by atomic mass is 9.94. The van der Waals surface area contributed by atoms with Gasteiger partial charge in [-0.15, -0.1) is 0 Å². The molecular formula is C22H42O5. The first kappa shape index (κ1) is 26.1. The van der Waals surface area contributed by atoms with E-state index in [4.69, 9.17) is 18.9 Å². The third-order valence-corrected chi connectivity index (χ3v) is 4.49. The third kappa shape index (κ3) is 10.9. The Kier molecular flexibility index (Phi) is 15.5. The van der Waals surface area contributed by atoms with Crippen molar-refractivity contribution in [1.82, 2.24) is 0 Å². The largest absolute Gasteiger partial charge is 0.462 e. The van der Waals surface area contributed by atoms with Crippen LogP contribution >= 0.6 is 0 Å². The summed E-state index contributed by atoms with van der Waals surface area (Å²) in [5.41, 5.74) is 0.410. The van der Waals surface area contributed by atoms with Crippen LogP contribution in [0.15, 0.2) is 12.2 Å². The van der Waals surface area contributed by atoms with Crippen molar-refractivity contribution in [3.8, 4) is 0 Å². The van der Waals surface area contributed by atoms with Gasteiger partial charge in [0, 0.05) is 31.3 Å². The summed E-state index contributed by atoms with van der Waals surface area (Å²) in [5.74, 6) is -1.43. The van der Waals surface area contributed by atoms with Crippen LogP contribution in [0.2, 0.25) is 0 Å². The van der Waals surface area contributed by atoms with Gasteiger partial charge >= 0.3 is 5.97 Å². The van der Waals surface area contributed by atoms with E-state index in [-0.39, 0.29) is 11.9 Å². The fourth-order valence-corrected chi connectivity index (χ4v) is 3.17. The van der Waals surface area contributed by atoms with E-state index in [0.29, 0.717) is 38.4 Å². The Labute approximate surface area is 166 Å². The molecule has 0 aromatic heterocycles. The number of rotatable bonds is 18. The van der Waals surface area contributed by atoms with Crippen LogP contribution in [-0.4, -0.2) is 38.4 Å². The monoisotopic (exact) mass is 386 g/mol. The molecule has 0 rings (SSSR count). The van der Waals surface area contributed by atoms with Gasteiger partial charge in [-0.1, -0.05) is 52.0 Å². The van der Waals surface area contributed by atoms with Gasteiger partial charge in [0.1, 0.15) is 0 Å². The molecule has 0 amide bonds. The fourth-order valence-electron chi connectivity index (χ4n) is 3.17. The Bertz CT molecular complexity index is 377. The SMILES string of the molecule is C=C(C)C(=O)OCCC(CCCCCCCC)C(OCC)(OCC)OCC. The van der Waals surface area contributed by atoms with Crippen molar-refractivity contribution in [2.75, 3.05) is 26.4 Å². The fraction of sp³-hybridized carbons (Fsp3) is 0.864. The van der Waals surface area contributed by atoms with Gasteiger partial charge in [0.25, 0.3) is 5.97 Å². The highest BCUT2D eigenvalue weighted by molar-refractivity contribution is 5.86. The Morgan fingerprint density at radius 3 is 1.85 bits per heavy atom. The van der Waals surface area contributed by atoms with E-state index in [1.54, 1.807) is 6.92 Å². The lowest BCUT2D eigenvalue weighted by Crippen LogP contribution is -2.47. The summed E-state index contributed by atoms with van der Waals surface area (Å²) in [5, 5.41) is 0. The van der Waals surface area contributed by atoms with Gasteiger partial charge in [-0.2, -0.15) is 0 Å². The topological polar surface area (TPSA) is 54.0 Å². The minimum Gasteiger partial charge on any atom is -0.462 e. The molecule has 1 atom stereocenters. The Morgan fingerprint density at radius 1 is 0.852 bits per heavy atom. The van der Waals surface area contributed by atoms with Gasteiger partial charge in [0.15, 0.2) is 0 Å². The molecular weight excluding hydrogens is 344 g/mol. The maximum absolute atomic E-state index is 11.7. The minimum atomic E-state index is -1.07. The van der Waals surface area contributed by atoms with Crippen molar-refractivity contribution in [2.45, 2.75) is 92.0 Å². The Balaban J connectivity index is 4.96. The Morgan fingerprint density at radius 2 is 1.37 bits per heavy atom. The second-order valence-corrected chi connectivity index (χ2v) is 6.86. The summed E-state index contributed by atoms with van der Waals surface area (Å²) in [7, 11) is 0. The van der Waals surface area contributed by atoms with Crippen LogP contribution in [0.5, 0.6) is 0 Å². The van der Waals surface area contributed by atoms with E-state index < -0.39 is 5.97 Å². The molecule has 0 aliphatic carbocycles. The summed E-state index contributed by atoms with van der Waals surface area (Å²) in [6, 6.07) is 0. The van der Waals surface area contributed by atoms with Crippen molar-refractivity contribution < 1.29 is 23.7 Å². The van der Waals surface area contributed by atoms with E-state index in [0.717, 1.165) is 12.8 Å². The van der Waals surface area contributed by atoms with Crippen molar-refractivity contribution in [3.63, 3.8) is 0 Å². The zero-order valence-electron chi connectivity index (χ0n) is 18.3. The first-order valence-corrected chi connectivity index (χ1v) is 10.7. The Hall–Kier alpha value is -0.910. The lowest BCUT2D eigenvalue weighted by Gasteiger charge is -2.39. The highest BCUT2D eigenvalue weighted by atomic mass is 16.9. The molecule has 5 nitrogen and oxygen atoms in total. The van der Waals surface area contributed by atoms with E-state index >= 15 is 0 Å². The van der Waals surface area contributed by atoms with Gasteiger partial charge in [-0.05, 0) is 40.5 Å². The zero-order chi connectivity index (χ0) is 20.5. The third-order valence-electron chi connectivity index (χ3n) is 4.49. The molecule has 0 saturated heterocycles. The molecule has 0 heterocycles. The first-order valence-electron chi connectivity index (χ1n) is 10.7. The number of hydrogen-bond donors (Lipinski definition) is 0. The molecule has 160 valence electrons. The van der Waals surface area contributed by atoms with Crippen LogP contribution in [0.4, 0.5) is 0 Å². The average molecular weight is 387 g/mol. The molecule has 0 aliphatic rings. The van der Waals surface area contributed by atoms with E-state index in [9.17, 15) is 4.79 Å². The zero-order valence-corrected chi connectivity index (χ0v) is 18.3. The van der Waals surface area contributed by atoms with Gasteiger partial charge in [0.2, 0.25) is 0 Å². The summed E-state index contributed by atoms with van der Waals surface area (Å²) >= 11 is 0. The van der Waals surface area contributed by atoms with E-state index in [1.165, 1.54) is 32.1 Å². The molecule has 0 saturated carbocycles. The molecule has 27 heavy (non-hydrogen) atoms. The second-order valence-electron chi connectivity index (χ2n) is 6.86. The maximum Gasteiger partial charge on any atom is 0.333 e. The van der Waals surface area contributed by atoms with Crippen molar-refractivity contribution in [2.24, 2.45) is 5.92 Å². The van der Waals surface area contributed by atoms with Crippen LogP contribution in [0.1, 0.15) is 86.0 Å². The maximum atomic E-state index is 11.7. The molecule has 0 aromatic carbocycles. The van der Waals surface area contributed by atoms with Gasteiger partial charge in [-0.3, -0.25) is 0 Å². The molecule has 0 fully saturated rings. The molecule has 0 radical (unpaired) electrons. The molecule has 0 N–H and O–H groups in total. The van der Waals surface area contributed by atoms with Crippen LogP contribution in [0.25, 0.3) is 0 Å². The smallest absolute Gasteiger partial charge is 0.333 e. The summed E-state index contributed by atoms with van der Waals surface area (Å²) in [6.45, 7) is 15.1. The molecule has 0 spiro atoms. The number of unbranched alkanes of at least 4 members (excludes halogenated alkanes) is 5. The quantitative estimate of drug-likeness (QED) is 0.132. The van der Waals surface area contributed by atoms with Gasteiger partial charge in [-0.25, -0.2) is 4.79 Å². The predicted octanol–water partition coefficient (Wildman–Crippen LogP) is 5.63. The summed E-state index contributed by atoms with van der Waals surface area (Å²) in [6.07, 6.45) is 8.88. The minimum absolute atomic E-state index is 0.00134. The second kappa shape index (κ2) is 16.1. The van der Waals surface area contributed by atoms with Crippen molar-refractivity contribution in [3.05, 3.63) is 12.2 Å². The highest BCUT2D eigenvalue weighted by Crippen LogP contribution is 2.33. The highest BCUT2D eigenvalue weighted by Gasteiger charge is 2.41. The number of carbonyl (C=O) groups excluding carboxylic acids is 1. The molecule has 0 aliphatic heterocycles. The molecule has 5 heteroatoms. The number of esters is 1. The standard InChI is InChI=1S/C22H42O5/c1-7-11-12-13-14-15-16-20(17-18-24-21(23)19(5)6)22(25-8-2,26-9-3)27-10-4/h20H,5,7-18H2,1-4,6H3. The predicted molar refractivity (Wildman–Crippen MR) is 109 cm³/mol. The molecule has 0 aromatic rings. The summed E-state index contributed by atoms with van der Waals surface area (Å²) < 4.78 is 23.2. The van der Waals surface area contributed by atoms with Crippen LogP contribution in [0.3, 0.4) is 0 Å². The lowest BCUT2D eigenvalue weighted by molar-refractivity contribution is -0.403. The van der Waals surface area contributed by atoms with Gasteiger partial charge in [0.05, 0.1) is 6.61 Å². The number of carbonyl (C=O) groups is 1. The van der Waals surface area contributed by atoms with Crippen LogP contribution in [-0.2, 0) is 23.7 Å². The van der Waals surface area contributed by atoms with Crippen molar-refractivity contribution in [1.29, 1.82) is 0 Å². The van der Waals surface area contributed by atoms with Crippen molar-refractivity contribution >= 4 is 5.97 Å². The average Bonchev–Trinajstić information content (AvgIpc) is 2.63. The van der Waals surface area contributed by atoms with Gasteiger partial charge < -0.3 is 18.9 Å². The normalized spacial score (nSPS) is 12.8. The number of hydrogen-bond acceptors (Lipinski definition) is 5. The van der Waals surface area contributed by atoms with Crippen LogP contribution in [0, 0.1) is 5.92 Å². The van der Waals surface area contributed by atoms with E-state index in [1.807, 2.05) is 20.8 Å². The molecule has 0 bridgehead atoms. The molecule has 1 unspecified atom stereocenters.